The first-order valence-electron chi connectivity index (χ1n) is 9.12. The maximum Gasteiger partial charge on any atom is 0.332 e. The lowest BCUT2D eigenvalue weighted by Crippen LogP contribution is -2.41. The van der Waals surface area contributed by atoms with E-state index in [2.05, 4.69) is 0 Å². The largest absolute Gasteiger partial charge is 0.497 e. The average molecular weight is 400 g/mol. The molecule has 1 aliphatic carbocycles. The molecule has 0 fully saturated rings. The van der Waals surface area contributed by atoms with E-state index in [0.717, 1.165) is 46.3 Å². The third-order valence-corrected chi connectivity index (χ3v) is 6.43. The van der Waals surface area contributed by atoms with Crippen molar-refractivity contribution in [2.75, 3.05) is 7.11 Å². The number of rotatable bonds is 5. The Labute approximate surface area is 164 Å². The van der Waals surface area contributed by atoms with Crippen LogP contribution >= 0.6 is 11.3 Å². The number of aliphatic carboxylic acids is 1. The van der Waals surface area contributed by atoms with Gasteiger partial charge in [-0.3, -0.25) is 18.7 Å². The summed E-state index contributed by atoms with van der Waals surface area (Å²) in [5, 5.41) is 9.81. The SMILES string of the molecule is COc1ccc(Cn2c(=O)c3c4c(sc3n(CC(=O)O)c2=O)CCCC4)cc1. The lowest BCUT2D eigenvalue weighted by Gasteiger charge is -2.12. The molecule has 4 rings (SSSR count). The highest BCUT2D eigenvalue weighted by Crippen LogP contribution is 2.34. The third kappa shape index (κ3) is 3.13. The highest BCUT2D eigenvalue weighted by molar-refractivity contribution is 7.18. The van der Waals surface area contributed by atoms with Gasteiger partial charge in [0.25, 0.3) is 5.56 Å². The molecule has 1 aromatic carbocycles. The highest BCUT2D eigenvalue weighted by atomic mass is 32.1. The molecule has 0 aliphatic heterocycles. The molecule has 2 aromatic heterocycles. The topological polar surface area (TPSA) is 90.5 Å². The van der Waals surface area contributed by atoms with Crippen LogP contribution in [0, 0.1) is 0 Å². The molecule has 0 atom stereocenters. The Morgan fingerprint density at radius 3 is 2.54 bits per heavy atom. The van der Waals surface area contributed by atoms with Gasteiger partial charge < -0.3 is 9.84 Å². The summed E-state index contributed by atoms with van der Waals surface area (Å²) >= 11 is 1.39. The number of aromatic nitrogens is 2. The van der Waals surface area contributed by atoms with Crippen LogP contribution in [0.25, 0.3) is 10.2 Å². The van der Waals surface area contributed by atoms with Crippen LogP contribution in [0.2, 0.25) is 0 Å². The van der Waals surface area contributed by atoms with Crippen LogP contribution in [0.4, 0.5) is 0 Å². The van der Waals surface area contributed by atoms with Crippen molar-refractivity contribution in [2.24, 2.45) is 0 Å². The van der Waals surface area contributed by atoms with E-state index >= 15 is 0 Å². The van der Waals surface area contributed by atoms with Crippen molar-refractivity contribution in [1.82, 2.24) is 9.13 Å². The highest BCUT2D eigenvalue weighted by Gasteiger charge is 2.24. The molecule has 0 saturated carbocycles. The van der Waals surface area contributed by atoms with Gasteiger partial charge >= 0.3 is 11.7 Å². The number of hydrogen-bond acceptors (Lipinski definition) is 5. The second-order valence-corrected chi connectivity index (χ2v) is 7.98. The summed E-state index contributed by atoms with van der Waals surface area (Å²) in [5.74, 6) is -0.425. The average Bonchev–Trinajstić information content (AvgIpc) is 3.08. The van der Waals surface area contributed by atoms with E-state index in [1.807, 2.05) is 0 Å². The second-order valence-electron chi connectivity index (χ2n) is 6.89. The number of hydrogen-bond donors (Lipinski definition) is 1. The Bertz CT molecular complexity index is 1170. The van der Waals surface area contributed by atoms with E-state index in [9.17, 15) is 19.5 Å². The van der Waals surface area contributed by atoms with Crippen LogP contribution in [-0.4, -0.2) is 27.3 Å². The number of carboxylic acids is 1. The molecule has 1 aliphatic rings. The van der Waals surface area contributed by atoms with Gasteiger partial charge in [0.15, 0.2) is 0 Å². The molecule has 0 radical (unpaired) electrons. The van der Waals surface area contributed by atoms with Crippen molar-refractivity contribution in [3.05, 3.63) is 61.1 Å². The fraction of sp³-hybridized carbons (Fsp3) is 0.350. The van der Waals surface area contributed by atoms with Gasteiger partial charge in [0.05, 0.1) is 19.0 Å². The first kappa shape index (κ1) is 18.5. The normalized spacial score (nSPS) is 13.5. The molecule has 0 amide bonds. The third-order valence-electron chi connectivity index (χ3n) is 5.11. The van der Waals surface area contributed by atoms with E-state index in [0.29, 0.717) is 16.0 Å². The Balaban J connectivity index is 1.93. The molecule has 1 N–H and O–H groups in total. The summed E-state index contributed by atoms with van der Waals surface area (Å²) in [6.07, 6.45) is 3.70. The number of fused-ring (bicyclic) bond motifs is 3. The molecule has 8 heteroatoms. The second kappa shape index (κ2) is 7.27. The molecule has 7 nitrogen and oxygen atoms in total. The van der Waals surface area contributed by atoms with Crippen molar-refractivity contribution < 1.29 is 14.6 Å². The summed E-state index contributed by atoms with van der Waals surface area (Å²) in [5.41, 5.74) is 0.829. The lowest BCUT2D eigenvalue weighted by molar-refractivity contribution is -0.137. The van der Waals surface area contributed by atoms with Gasteiger partial charge in [-0.05, 0) is 48.9 Å². The predicted molar refractivity (Wildman–Crippen MR) is 107 cm³/mol. The first-order chi connectivity index (χ1) is 13.5. The summed E-state index contributed by atoms with van der Waals surface area (Å²) in [6, 6.07) is 7.11. The van der Waals surface area contributed by atoms with Gasteiger partial charge in [0.2, 0.25) is 0 Å². The van der Waals surface area contributed by atoms with Gasteiger partial charge in [-0.1, -0.05) is 12.1 Å². The van der Waals surface area contributed by atoms with Crippen molar-refractivity contribution in [3.63, 3.8) is 0 Å². The Morgan fingerprint density at radius 2 is 1.86 bits per heavy atom. The smallest absolute Gasteiger partial charge is 0.332 e. The Kier molecular flexibility index (Phi) is 4.80. The number of ether oxygens (including phenoxy) is 1. The lowest BCUT2D eigenvalue weighted by atomic mass is 9.97. The van der Waals surface area contributed by atoms with Gasteiger partial charge in [0, 0.05) is 4.88 Å². The molecule has 0 unspecified atom stereocenters. The number of carbonyl (C=O) groups is 1. The summed E-state index contributed by atoms with van der Waals surface area (Å²) in [4.78, 5) is 39.2. The zero-order chi connectivity index (χ0) is 19.8. The van der Waals surface area contributed by atoms with Crippen molar-refractivity contribution in [2.45, 2.75) is 38.8 Å². The van der Waals surface area contributed by atoms with E-state index in [4.69, 9.17) is 4.74 Å². The van der Waals surface area contributed by atoms with Crippen LogP contribution in [0.5, 0.6) is 5.75 Å². The monoisotopic (exact) mass is 400 g/mol. The molecule has 0 saturated heterocycles. The quantitative estimate of drug-likeness (QED) is 0.709. The zero-order valence-corrected chi connectivity index (χ0v) is 16.3. The number of thiophene rings is 1. The number of nitrogens with zero attached hydrogens (tertiary/aromatic N) is 2. The van der Waals surface area contributed by atoms with Gasteiger partial charge in [-0.15, -0.1) is 11.3 Å². The van der Waals surface area contributed by atoms with Gasteiger partial charge in [-0.2, -0.15) is 0 Å². The van der Waals surface area contributed by atoms with Crippen molar-refractivity contribution in [3.8, 4) is 5.75 Å². The van der Waals surface area contributed by atoms with Crippen LogP contribution in [0.3, 0.4) is 0 Å². The summed E-state index contributed by atoms with van der Waals surface area (Å²) < 4.78 is 7.52. The van der Waals surface area contributed by atoms with Crippen molar-refractivity contribution in [1.29, 1.82) is 0 Å². The van der Waals surface area contributed by atoms with E-state index in [-0.39, 0.29) is 12.1 Å². The van der Waals surface area contributed by atoms with E-state index in [1.165, 1.54) is 15.9 Å². The van der Waals surface area contributed by atoms with Crippen LogP contribution in [0.15, 0.2) is 33.9 Å². The molecule has 28 heavy (non-hydrogen) atoms. The van der Waals surface area contributed by atoms with Crippen LogP contribution < -0.4 is 16.0 Å². The number of benzene rings is 1. The minimum absolute atomic E-state index is 0.0852. The number of carboxylic acid groups (broad SMARTS) is 1. The summed E-state index contributed by atoms with van der Waals surface area (Å²) in [7, 11) is 1.57. The molecule has 0 spiro atoms. The van der Waals surface area contributed by atoms with Gasteiger partial charge in [0.1, 0.15) is 17.1 Å². The zero-order valence-electron chi connectivity index (χ0n) is 15.4. The maximum atomic E-state index is 13.2. The van der Waals surface area contributed by atoms with E-state index < -0.39 is 18.2 Å². The minimum atomic E-state index is -1.11. The Hall–Kier alpha value is -2.87. The molecule has 146 valence electrons. The maximum absolute atomic E-state index is 13.2. The number of aryl methyl sites for hydroxylation is 2. The van der Waals surface area contributed by atoms with Crippen LogP contribution in [0.1, 0.15) is 28.8 Å². The predicted octanol–water partition coefficient (Wildman–Crippen LogP) is 2.25. The Morgan fingerprint density at radius 1 is 1.14 bits per heavy atom. The fourth-order valence-corrected chi connectivity index (χ4v) is 5.12. The van der Waals surface area contributed by atoms with Crippen molar-refractivity contribution >= 4 is 27.5 Å². The van der Waals surface area contributed by atoms with Crippen LogP contribution in [-0.2, 0) is 30.7 Å². The molecule has 3 aromatic rings. The fourth-order valence-electron chi connectivity index (χ4n) is 3.74. The minimum Gasteiger partial charge on any atom is -0.497 e. The standard InChI is InChI=1S/C20H20N2O5S/c1-27-13-8-6-12(7-9-13)10-21-18(25)17-14-4-2-3-5-15(14)28-19(17)22(20(21)26)11-16(23)24/h6-9H,2-5,10-11H2,1H3,(H,23,24). The van der Waals surface area contributed by atoms with E-state index in [1.54, 1.807) is 31.4 Å². The summed E-state index contributed by atoms with van der Waals surface area (Å²) in [6.45, 7) is -0.376. The first-order valence-corrected chi connectivity index (χ1v) is 9.94. The molecule has 2 heterocycles. The molecule has 0 bridgehead atoms. The number of methoxy groups -OCH3 is 1. The molecular weight excluding hydrogens is 380 g/mol. The van der Waals surface area contributed by atoms with Gasteiger partial charge in [-0.25, -0.2) is 4.79 Å². The molecular formula is C20H20N2O5S.